The summed E-state index contributed by atoms with van der Waals surface area (Å²) in [6.07, 6.45) is -0.316. The van der Waals surface area contributed by atoms with E-state index in [1.807, 2.05) is 26.0 Å². The zero-order valence-corrected chi connectivity index (χ0v) is 19.1. The molecule has 2 atom stereocenters. The van der Waals surface area contributed by atoms with E-state index in [1.54, 1.807) is 23.1 Å². The number of fused-ring (bicyclic) bond motifs is 1. The zero-order valence-electron chi connectivity index (χ0n) is 19.1. The van der Waals surface area contributed by atoms with Crippen LogP contribution in [0, 0.1) is 24.2 Å². The highest BCUT2D eigenvalue weighted by atomic mass is 19.3. The fraction of sp³-hybridized carbons (Fsp3) is 0.360. The summed E-state index contributed by atoms with van der Waals surface area (Å²) < 4.78 is 28.1. The molecule has 1 fully saturated rings. The van der Waals surface area contributed by atoms with Crippen LogP contribution in [0.25, 0.3) is 11.0 Å². The van der Waals surface area contributed by atoms with E-state index in [0.29, 0.717) is 22.5 Å². The van der Waals surface area contributed by atoms with Crippen LogP contribution in [0.5, 0.6) is 0 Å². The standard InChI is InChI=1S/C25H25F2N5O2/c1-14-10-18(16(3)29-19-7-5-4-6-17(19)24(33)34)22-20(11-14)30-21(12-28)23(31-22)32-9-8-25(26,27)15(2)13-32/h4-7,10-11,15-16,29H,8-9,13H2,1-3H3,(H,33,34)/t15?,16-/m1/s1. The van der Waals surface area contributed by atoms with Crippen molar-refractivity contribution < 1.29 is 18.7 Å². The molecule has 0 saturated carbocycles. The Kier molecular flexibility index (Phi) is 6.09. The first-order valence-corrected chi connectivity index (χ1v) is 11.0. The molecule has 1 aliphatic rings. The Morgan fingerprint density at radius 3 is 2.74 bits per heavy atom. The van der Waals surface area contributed by atoms with E-state index in [-0.39, 0.29) is 36.8 Å². The molecule has 2 aromatic carbocycles. The average Bonchev–Trinajstić information content (AvgIpc) is 2.79. The molecule has 0 amide bonds. The van der Waals surface area contributed by atoms with Crippen molar-refractivity contribution in [1.82, 2.24) is 9.97 Å². The van der Waals surface area contributed by atoms with Crippen LogP contribution in [0.3, 0.4) is 0 Å². The lowest BCUT2D eigenvalue weighted by atomic mass is 9.95. The molecular weight excluding hydrogens is 440 g/mol. The Bertz CT molecular complexity index is 1300. The SMILES string of the molecule is Cc1cc([C@@H](C)Nc2ccccc2C(=O)O)c2nc(N3CCC(F)(F)C(C)C3)c(C#N)nc2c1. The first-order chi connectivity index (χ1) is 16.1. The second-order valence-electron chi connectivity index (χ2n) is 8.80. The quantitative estimate of drug-likeness (QED) is 0.536. The molecule has 0 aliphatic carbocycles. The number of hydrogen-bond donors (Lipinski definition) is 2. The number of carbonyl (C=O) groups is 1. The molecule has 1 aromatic heterocycles. The minimum atomic E-state index is -2.76. The summed E-state index contributed by atoms with van der Waals surface area (Å²) in [6.45, 7) is 5.43. The number of para-hydroxylation sites is 1. The molecule has 34 heavy (non-hydrogen) atoms. The van der Waals surface area contributed by atoms with Gasteiger partial charge < -0.3 is 15.3 Å². The van der Waals surface area contributed by atoms with Gasteiger partial charge in [0, 0.05) is 36.7 Å². The molecule has 0 spiro atoms. The lowest BCUT2D eigenvalue weighted by molar-refractivity contribution is -0.0652. The van der Waals surface area contributed by atoms with Gasteiger partial charge in [-0.1, -0.05) is 25.1 Å². The summed E-state index contributed by atoms with van der Waals surface area (Å²) in [7, 11) is 0. The Hall–Kier alpha value is -3.80. The number of nitriles is 1. The van der Waals surface area contributed by atoms with Crippen LogP contribution < -0.4 is 10.2 Å². The van der Waals surface area contributed by atoms with Crippen molar-refractivity contribution in [1.29, 1.82) is 5.26 Å². The van der Waals surface area contributed by atoms with Crippen LogP contribution in [0.1, 0.15) is 53.5 Å². The number of halogens is 2. The molecule has 1 unspecified atom stereocenters. The van der Waals surface area contributed by atoms with Gasteiger partial charge in [0.15, 0.2) is 11.5 Å². The van der Waals surface area contributed by atoms with Crippen LogP contribution in [0.4, 0.5) is 20.3 Å². The smallest absolute Gasteiger partial charge is 0.337 e. The van der Waals surface area contributed by atoms with Gasteiger partial charge in [-0.05, 0) is 37.6 Å². The number of rotatable bonds is 5. The molecule has 2 N–H and O–H groups in total. The summed E-state index contributed by atoms with van der Waals surface area (Å²) in [5.74, 6) is -4.39. The van der Waals surface area contributed by atoms with Gasteiger partial charge >= 0.3 is 5.97 Å². The van der Waals surface area contributed by atoms with Gasteiger partial charge in [-0.15, -0.1) is 0 Å². The molecule has 3 aromatic rings. The van der Waals surface area contributed by atoms with Crippen molar-refractivity contribution in [3.05, 3.63) is 58.8 Å². The van der Waals surface area contributed by atoms with Gasteiger partial charge in [0.25, 0.3) is 5.92 Å². The highest BCUT2D eigenvalue weighted by Gasteiger charge is 2.42. The highest BCUT2D eigenvalue weighted by Crippen LogP contribution is 2.36. The van der Waals surface area contributed by atoms with Gasteiger partial charge in [-0.2, -0.15) is 5.26 Å². The second kappa shape index (κ2) is 8.86. The van der Waals surface area contributed by atoms with Gasteiger partial charge in [-0.25, -0.2) is 23.5 Å². The second-order valence-corrected chi connectivity index (χ2v) is 8.80. The fourth-order valence-electron chi connectivity index (χ4n) is 4.33. The number of alkyl halides is 2. The van der Waals surface area contributed by atoms with E-state index in [9.17, 15) is 23.9 Å². The summed E-state index contributed by atoms with van der Waals surface area (Å²) >= 11 is 0. The molecule has 1 saturated heterocycles. The van der Waals surface area contributed by atoms with Crippen LogP contribution >= 0.6 is 0 Å². The molecule has 2 heterocycles. The summed E-state index contributed by atoms with van der Waals surface area (Å²) in [4.78, 5) is 22.6. The van der Waals surface area contributed by atoms with Gasteiger partial charge in [0.1, 0.15) is 6.07 Å². The maximum Gasteiger partial charge on any atom is 0.337 e. The molecule has 1 aliphatic heterocycles. The third kappa shape index (κ3) is 4.36. The summed E-state index contributed by atoms with van der Waals surface area (Å²) in [5.41, 5.74) is 3.43. The van der Waals surface area contributed by atoms with Gasteiger partial charge in [0.05, 0.1) is 22.6 Å². The number of benzene rings is 2. The van der Waals surface area contributed by atoms with E-state index >= 15 is 0 Å². The largest absolute Gasteiger partial charge is 0.478 e. The maximum atomic E-state index is 14.1. The minimum absolute atomic E-state index is 0.0723. The molecule has 9 heteroatoms. The van der Waals surface area contributed by atoms with Crippen LogP contribution in [0.2, 0.25) is 0 Å². The first-order valence-electron chi connectivity index (χ1n) is 11.0. The monoisotopic (exact) mass is 465 g/mol. The molecule has 4 rings (SSSR count). The maximum absolute atomic E-state index is 14.1. The Balaban J connectivity index is 1.78. The normalized spacial score (nSPS) is 18.4. The van der Waals surface area contributed by atoms with E-state index in [4.69, 9.17) is 4.98 Å². The lowest BCUT2D eigenvalue weighted by Crippen LogP contribution is -2.46. The van der Waals surface area contributed by atoms with Crippen molar-refractivity contribution in [2.45, 2.75) is 39.2 Å². The molecule has 0 radical (unpaired) electrons. The number of aromatic carboxylic acids is 1. The number of hydrogen-bond acceptors (Lipinski definition) is 6. The fourth-order valence-corrected chi connectivity index (χ4v) is 4.33. The summed E-state index contributed by atoms with van der Waals surface area (Å²) in [6, 6.07) is 12.1. The van der Waals surface area contributed by atoms with E-state index in [2.05, 4.69) is 16.4 Å². The molecule has 0 bridgehead atoms. The Morgan fingerprint density at radius 2 is 2.06 bits per heavy atom. The molecule has 176 valence electrons. The minimum Gasteiger partial charge on any atom is -0.478 e. The van der Waals surface area contributed by atoms with E-state index in [0.717, 1.165) is 11.1 Å². The van der Waals surface area contributed by atoms with Crippen molar-refractivity contribution >= 4 is 28.5 Å². The summed E-state index contributed by atoms with van der Waals surface area (Å²) in [5, 5.41) is 22.5. The van der Waals surface area contributed by atoms with Crippen molar-refractivity contribution in [2.24, 2.45) is 5.92 Å². The van der Waals surface area contributed by atoms with Crippen molar-refractivity contribution in [3.63, 3.8) is 0 Å². The molecule has 7 nitrogen and oxygen atoms in total. The zero-order chi connectivity index (χ0) is 24.6. The van der Waals surface area contributed by atoms with E-state index < -0.39 is 17.8 Å². The number of piperidine rings is 1. The van der Waals surface area contributed by atoms with Crippen molar-refractivity contribution in [3.8, 4) is 6.07 Å². The van der Waals surface area contributed by atoms with Crippen LogP contribution in [0.15, 0.2) is 36.4 Å². The Morgan fingerprint density at radius 1 is 1.32 bits per heavy atom. The average molecular weight is 466 g/mol. The Labute approximate surface area is 196 Å². The van der Waals surface area contributed by atoms with E-state index in [1.165, 1.54) is 13.0 Å². The van der Waals surface area contributed by atoms with Crippen LogP contribution in [-0.2, 0) is 0 Å². The lowest BCUT2D eigenvalue weighted by Gasteiger charge is -2.37. The van der Waals surface area contributed by atoms with Gasteiger partial charge in [-0.3, -0.25) is 0 Å². The third-order valence-corrected chi connectivity index (χ3v) is 6.26. The molecular formula is C25H25F2N5O2. The highest BCUT2D eigenvalue weighted by molar-refractivity contribution is 5.94. The van der Waals surface area contributed by atoms with Gasteiger partial charge in [0.2, 0.25) is 0 Å². The number of nitrogens with one attached hydrogen (secondary N) is 1. The first kappa shape index (κ1) is 23.4. The third-order valence-electron chi connectivity index (χ3n) is 6.26. The predicted molar refractivity (Wildman–Crippen MR) is 125 cm³/mol. The van der Waals surface area contributed by atoms with Crippen molar-refractivity contribution in [2.75, 3.05) is 23.3 Å². The number of carboxylic acids is 1. The number of anilines is 2. The van der Waals surface area contributed by atoms with Crippen LogP contribution in [-0.4, -0.2) is 40.1 Å². The predicted octanol–water partition coefficient (Wildman–Crippen LogP) is 5.16. The number of aryl methyl sites for hydroxylation is 1. The number of nitrogens with zero attached hydrogens (tertiary/aromatic N) is 4. The topological polar surface area (TPSA) is 102 Å². The number of aromatic nitrogens is 2. The number of carboxylic acid groups (broad SMARTS) is 1.